The van der Waals surface area contributed by atoms with Gasteiger partial charge in [-0.2, -0.15) is 0 Å². The Balaban J connectivity index is 1.66. The van der Waals surface area contributed by atoms with Crippen LogP contribution in [0, 0.1) is 20.8 Å². The lowest BCUT2D eigenvalue weighted by Crippen LogP contribution is -2.27. The molecular weight excluding hydrogens is 372 g/mol. The summed E-state index contributed by atoms with van der Waals surface area (Å²) >= 11 is 5.89. The highest BCUT2D eigenvalue weighted by Crippen LogP contribution is 2.20. The normalized spacial score (nSPS) is 10.6. The van der Waals surface area contributed by atoms with Crippen LogP contribution in [0.4, 0.5) is 11.6 Å². The minimum absolute atomic E-state index is 0.219. The molecule has 0 bridgehead atoms. The van der Waals surface area contributed by atoms with E-state index in [4.69, 9.17) is 11.6 Å². The molecule has 0 saturated heterocycles. The third-order valence-electron chi connectivity index (χ3n) is 4.33. The number of aromatic nitrogens is 2. The number of rotatable bonds is 6. The number of anilines is 2. The molecule has 1 amide bonds. The molecule has 0 aliphatic heterocycles. The quantitative estimate of drug-likeness (QED) is 0.631. The molecule has 0 spiro atoms. The fraction of sp³-hybridized carbons (Fsp3) is 0.227. The van der Waals surface area contributed by atoms with E-state index in [9.17, 15) is 4.79 Å². The first-order valence-electron chi connectivity index (χ1n) is 9.13. The zero-order chi connectivity index (χ0) is 20.1. The Labute approximate surface area is 170 Å². The first-order valence-corrected chi connectivity index (χ1v) is 9.51. The largest absolute Gasteiger partial charge is 0.350 e. The van der Waals surface area contributed by atoms with E-state index >= 15 is 0 Å². The van der Waals surface area contributed by atoms with Crippen LogP contribution in [-0.2, 0) is 6.42 Å². The molecule has 0 fully saturated rings. The Morgan fingerprint density at radius 3 is 2.46 bits per heavy atom. The van der Waals surface area contributed by atoms with Crippen molar-refractivity contribution in [1.29, 1.82) is 0 Å². The Kier molecular flexibility index (Phi) is 6.26. The third kappa shape index (κ3) is 5.30. The number of carbonyl (C=O) groups excluding carboxylic acids is 1. The maximum Gasteiger partial charge on any atom is 0.270 e. The summed E-state index contributed by atoms with van der Waals surface area (Å²) in [5.41, 5.74) is 5.39. The van der Waals surface area contributed by atoms with Gasteiger partial charge in [0.05, 0.1) is 0 Å². The van der Waals surface area contributed by atoms with Crippen LogP contribution in [0.15, 0.2) is 48.5 Å². The SMILES string of the molecule is Cc1ccc(Nc2nc(C)cc(C(=O)NCCc3ccc(Cl)cc3)n2)c(C)c1. The molecule has 0 aliphatic rings. The van der Waals surface area contributed by atoms with E-state index in [0.29, 0.717) is 23.2 Å². The van der Waals surface area contributed by atoms with Gasteiger partial charge in [-0.3, -0.25) is 4.79 Å². The van der Waals surface area contributed by atoms with Crippen LogP contribution in [-0.4, -0.2) is 22.4 Å². The van der Waals surface area contributed by atoms with Crippen LogP contribution in [0.1, 0.15) is 32.9 Å². The van der Waals surface area contributed by atoms with Crippen molar-refractivity contribution in [2.75, 3.05) is 11.9 Å². The summed E-state index contributed by atoms with van der Waals surface area (Å²) in [5, 5.41) is 6.82. The van der Waals surface area contributed by atoms with Crippen molar-refractivity contribution >= 4 is 29.1 Å². The summed E-state index contributed by atoms with van der Waals surface area (Å²) in [4.78, 5) is 21.3. The number of amides is 1. The average Bonchev–Trinajstić information content (AvgIpc) is 2.65. The van der Waals surface area contributed by atoms with Gasteiger partial charge in [0.2, 0.25) is 5.95 Å². The second-order valence-electron chi connectivity index (χ2n) is 6.79. The Morgan fingerprint density at radius 1 is 1.00 bits per heavy atom. The molecule has 28 heavy (non-hydrogen) atoms. The van der Waals surface area contributed by atoms with Gasteiger partial charge in [0.1, 0.15) is 5.69 Å². The second-order valence-corrected chi connectivity index (χ2v) is 7.23. The number of aryl methyl sites for hydroxylation is 3. The van der Waals surface area contributed by atoms with Gasteiger partial charge in [-0.25, -0.2) is 9.97 Å². The monoisotopic (exact) mass is 394 g/mol. The Morgan fingerprint density at radius 2 is 1.75 bits per heavy atom. The van der Waals surface area contributed by atoms with Gasteiger partial charge >= 0.3 is 0 Å². The van der Waals surface area contributed by atoms with Gasteiger partial charge in [-0.15, -0.1) is 0 Å². The highest BCUT2D eigenvalue weighted by atomic mass is 35.5. The molecule has 5 nitrogen and oxygen atoms in total. The van der Waals surface area contributed by atoms with E-state index in [1.165, 1.54) is 5.56 Å². The predicted octanol–water partition coefficient (Wildman–Crippen LogP) is 4.77. The molecular formula is C22H23ClN4O. The lowest BCUT2D eigenvalue weighted by Gasteiger charge is -2.11. The number of halogens is 1. The molecule has 2 N–H and O–H groups in total. The van der Waals surface area contributed by atoms with Crippen molar-refractivity contribution in [3.63, 3.8) is 0 Å². The minimum atomic E-state index is -0.219. The van der Waals surface area contributed by atoms with Crippen LogP contribution in [0.2, 0.25) is 5.02 Å². The standard InChI is InChI=1S/C22H23ClN4O/c1-14-4-9-19(15(2)12-14)26-22-25-16(3)13-20(27-22)21(28)24-11-10-17-5-7-18(23)8-6-17/h4-9,12-13H,10-11H2,1-3H3,(H,24,28)(H,25,26,27). The fourth-order valence-electron chi connectivity index (χ4n) is 2.88. The predicted molar refractivity (Wildman–Crippen MR) is 113 cm³/mol. The molecule has 0 radical (unpaired) electrons. The number of benzene rings is 2. The fourth-order valence-corrected chi connectivity index (χ4v) is 3.00. The topological polar surface area (TPSA) is 66.9 Å². The maximum absolute atomic E-state index is 12.5. The van der Waals surface area contributed by atoms with E-state index in [0.717, 1.165) is 28.9 Å². The van der Waals surface area contributed by atoms with Gasteiger partial charge in [0.15, 0.2) is 0 Å². The second kappa shape index (κ2) is 8.85. The summed E-state index contributed by atoms with van der Waals surface area (Å²) < 4.78 is 0. The molecule has 1 aromatic heterocycles. The molecule has 0 unspecified atom stereocenters. The van der Waals surface area contributed by atoms with E-state index in [1.807, 2.05) is 57.2 Å². The first kappa shape index (κ1) is 19.8. The highest BCUT2D eigenvalue weighted by Gasteiger charge is 2.11. The van der Waals surface area contributed by atoms with Gasteiger partial charge in [-0.1, -0.05) is 41.4 Å². The van der Waals surface area contributed by atoms with Crippen molar-refractivity contribution in [3.8, 4) is 0 Å². The maximum atomic E-state index is 12.5. The average molecular weight is 395 g/mol. The van der Waals surface area contributed by atoms with Crippen molar-refractivity contribution in [1.82, 2.24) is 15.3 Å². The Hall–Kier alpha value is -2.92. The molecule has 144 valence electrons. The molecule has 0 aliphatic carbocycles. The third-order valence-corrected chi connectivity index (χ3v) is 4.58. The van der Waals surface area contributed by atoms with E-state index < -0.39 is 0 Å². The number of hydrogen-bond donors (Lipinski definition) is 2. The van der Waals surface area contributed by atoms with Crippen LogP contribution < -0.4 is 10.6 Å². The smallest absolute Gasteiger partial charge is 0.270 e. The molecule has 1 heterocycles. The molecule has 2 aromatic carbocycles. The van der Waals surface area contributed by atoms with E-state index in [-0.39, 0.29) is 5.91 Å². The van der Waals surface area contributed by atoms with Gasteiger partial charge in [0.25, 0.3) is 5.91 Å². The van der Waals surface area contributed by atoms with Crippen LogP contribution >= 0.6 is 11.6 Å². The molecule has 3 aromatic rings. The molecule has 0 atom stereocenters. The summed E-state index contributed by atoms with van der Waals surface area (Å²) in [7, 11) is 0. The van der Waals surface area contributed by atoms with Crippen LogP contribution in [0.25, 0.3) is 0 Å². The van der Waals surface area contributed by atoms with E-state index in [2.05, 4.69) is 26.7 Å². The molecule has 6 heteroatoms. The molecule has 0 saturated carbocycles. The number of carbonyl (C=O) groups is 1. The lowest BCUT2D eigenvalue weighted by molar-refractivity contribution is 0.0949. The first-order chi connectivity index (χ1) is 13.4. The minimum Gasteiger partial charge on any atom is -0.350 e. The van der Waals surface area contributed by atoms with Gasteiger partial charge < -0.3 is 10.6 Å². The number of nitrogens with one attached hydrogen (secondary N) is 2. The number of nitrogens with zero attached hydrogens (tertiary/aromatic N) is 2. The Bertz CT molecular complexity index is 986. The summed E-state index contributed by atoms with van der Waals surface area (Å²) in [5.74, 6) is 0.193. The lowest BCUT2D eigenvalue weighted by atomic mass is 10.1. The van der Waals surface area contributed by atoms with Crippen LogP contribution in [0.3, 0.4) is 0 Å². The zero-order valence-electron chi connectivity index (χ0n) is 16.2. The van der Waals surface area contributed by atoms with Gasteiger partial charge in [0, 0.05) is 22.9 Å². The molecule has 3 rings (SSSR count). The van der Waals surface area contributed by atoms with Crippen molar-refractivity contribution in [2.45, 2.75) is 27.2 Å². The van der Waals surface area contributed by atoms with Gasteiger partial charge in [-0.05, 0) is 62.6 Å². The summed E-state index contributed by atoms with van der Waals surface area (Å²) in [6.45, 7) is 6.44. The zero-order valence-corrected chi connectivity index (χ0v) is 17.0. The van der Waals surface area contributed by atoms with Crippen molar-refractivity contribution in [2.24, 2.45) is 0 Å². The van der Waals surface area contributed by atoms with Crippen molar-refractivity contribution in [3.05, 3.63) is 81.6 Å². The summed E-state index contributed by atoms with van der Waals surface area (Å²) in [6, 6.07) is 15.4. The summed E-state index contributed by atoms with van der Waals surface area (Å²) in [6.07, 6.45) is 0.723. The highest BCUT2D eigenvalue weighted by molar-refractivity contribution is 6.30. The van der Waals surface area contributed by atoms with Crippen LogP contribution in [0.5, 0.6) is 0 Å². The van der Waals surface area contributed by atoms with Crippen molar-refractivity contribution < 1.29 is 4.79 Å². The number of hydrogen-bond acceptors (Lipinski definition) is 4. The van der Waals surface area contributed by atoms with E-state index in [1.54, 1.807) is 6.07 Å².